The number of benzene rings is 2. The van der Waals surface area contributed by atoms with Crippen molar-refractivity contribution in [1.29, 1.82) is 0 Å². The molecule has 1 aromatic heterocycles. The second-order valence-corrected chi connectivity index (χ2v) is 12.5. The van der Waals surface area contributed by atoms with Gasteiger partial charge in [-0.25, -0.2) is 18.3 Å². The van der Waals surface area contributed by atoms with Gasteiger partial charge in [-0.1, -0.05) is 51.3 Å². The van der Waals surface area contributed by atoms with Crippen molar-refractivity contribution in [1.82, 2.24) is 14.9 Å². The summed E-state index contributed by atoms with van der Waals surface area (Å²) in [6, 6.07) is 12.2. The minimum atomic E-state index is -3.88. The van der Waals surface area contributed by atoms with E-state index in [2.05, 4.69) is 26.2 Å². The van der Waals surface area contributed by atoms with Crippen molar-refractivity contribution in [2.75, 3.05) is 17.7 Å². The molecule has 0 fully saturated rings. The minimum Gasteiger partial charge on any atom is -0.359 e. The summed E-state index contributed by atoms with van der Waals surface area (Å²) in [6.45, 7) is 1.69. The van der Waals surface area contributed by atoms with E-state index in [4.69, 9.17) is 23.2 Å². The maximum absolute atomic E-state index is 14.0. The summed E-state index contributed by atoms with van der Waals surface area (Å²) < 4.78 is 29.1. The number of imidazole rings is 1. The molecule has 1 atom stereocenters. The first kappa shape index (κ1) is 26.7. The third-order valence-corrected chi connectivity index (χ3v) is 8.77. The van der Waals surface area contributed by atoms with Crippen LogP contribution in [0.2, 0.25) is 10.0 Å². The van der Waals surface area contributed by atoms with Crippen LogP contribution in [0, 0.1) is 0 Å². The van der Waals surface area contributed by atoms with E-state index in [0.717, 1.165) is 10.0 Å². The molecule has 0 saturated heterocycles. The normalized spacial score (nSPS) is 17.4. The number of anilines is 2. The van der Waals surface area contributed by atoms with Crippen LogP contribution < -0.4 is 10.2 Å². The molecule has 0 spiro atoms. The van der Waals surface area contributed by atoms with Crippen molar-refractivity contribution in [3.63, 3.8) is 0 Å². The first-order chi connectivity index (χ1) is 17.0. The van der Waals surface area contributed by atoms with Crippen molar-refractivity contribution in [3.05, 3.63) is 68.7 Å². The molecule has 8 nitrogen and oxygen atoms in total. The highest BCUT2D eigenvalue weighted by Gasteiger charge is 2.51. The second kappa shape index (κ2) is 10.2. The zero-order valence-electron chi connectivity index (χ0n) is 19.5. The van der Waals surface area contributed by atoms with Gasteiger partial charge in [0.25, 0.3) is 5.91 Å². The van der Waals surface area contributed by atoms with Gasteiger partial charge in [-0.2, -0.15) is 0 Å². The van der Waals surface area contributed by atoms with Crippen LogP contribution in [0.3, 0.4) is 0 Å². The molecule has 1 aliphatic rings. The topological polar surface area (TPSA) is 101 Å². The van der Waals surface area contributed by atoms with Crippen molar-refractivity contribution in [2.45, 2.75) is 36.8 Å². The first-order valence-corrected chi connectivity index (χ1v) is 14.2. The molecule has 0 bridgehead atoms. The Bertz CT molecular complexity index is 1420. The third kappa shape index (κ3) is 5.04. The van der Waals surface area contributed by atoms with Gasteiger partial charge in [0.1, 0.15) is 5.54 Å². The Hall–Kier alpha value is -2.40. The molecule has 4 rings (SSSR count). The molecule has 1 aliphatic heterocycles. The van der Waals surface area contributed by atoms with Crippen LogP contribution in [-0.4, -0.2) is 42.6 Å². The fourth-order valence-corrected chi connectivity index (χ4v) is 6.59. The van der Waals surface area contributed by atoms with Crippen LogP contribution in [-0.2, 0) is 31.4 Å². The lowest BCUT2D eigenvalue weighted by molar-refractivity contribution is -0.124. The van der Waals surface area contributed by atoms with Crippen molar-refractivity contribution < 1.29 is 18.0 Å². The second-order valence-electron chi connectivity index (χ2n) is 8.67. The van der Waals surface area contributed by atoms with Crippen molar-refractivity contribution in [2.24, 2.45) is 0 Å². The highest BCUT2D eigenvalue weighted by Crippen LogP contribution is 2.44. The Balaban J connectivity index is 1.83. The van der Waals surface area contributed by atoms with E-state index in [1.165, 1.54) is 22.7 Å². The standard InChI is InChI=1S/C24H23BrCl2N4O4S/c1-24(13-15-5-7-16(25)8-6-15)22(33)30(19-11-17(26)10-18(27)12-19)23-29-14-21(31(23)24)36(34,35)9-3-4-20(32)28-2/h5-8,10-12,14H,3-4,9,13H2,1-2H3,(H,28,32)/t24-/m1/s1. The van der Waals surface area contributed by atoms with E-state index >= 15 is 0 Å². The van der Waals surface area contributed by atoms with Gasteiger partial charge >= 0.3 is 0 Å². The molecule has 0 aliphatic carbocycles. The Morgan fingerprint density at radius 2 is 1.78 bits per heavy atom. The summed E-state index contributed by atoms with van der Waals surface area (Å²) in [5.74, 6) is -0.726. The largest absolute Gasteiger partial charge is 0.359 e. The summed E-state index contributed by atoms with van der Waals surface area (Å²) in [5, 5.41) is 3.05. The smallest absolute Gasteiger partial charge is 0.260 e. The molecule has 0 saturated carbocycles. The van der Waals surface area contributed by atoms with Crippen molar-refractivity contribution in [3.8, 4) is 0 Å². The summed E-state index contributed by atoms with van der Waals surface area (Å²) in [4.78, 5) is 31.3. The number of nitrogens with zero attached hydrogens (tertiary/aromatic N) is 3. The number of amides is 2. The number of sulfone groups is 1. The van der Waals surface area contributed by atoms with E-state index in [0.29, 0.717) is 15.7 Å². The average molecular weight is 614 g/mol. The number of fused-ring (bicyclic) bond motifs is 1. The van der Waals surface area contributed by atoms with Gasteiger partial charge in [0.05, 0.1) is 17.6 Å². The lowest BCUT2D eigenvalue weighted by Crippen LogP contribution is -2.42. The molecular formula is C24H23BrCl2N4O4S. The Kier molecular flexibility index (Phi) is 7.52. The van der Waals surface area contributed by atoms with Gasteiger partial charge in [-0.3, -0.25) is 14.2 Å². The minimum absolute atomic E-state index is 0.0684. The molecule has 190 valence electrons. The average Bonchev–Trinajstić information content (AvgIpc) is 3.33. The highest BCUT2D eigenvalue weighted by molar-refractivity contribution is 9.10. The van der Waals surface area contributed by atoms with Crippen LogP contribution in [0.1, 0.15) is 25.3 Å². The summed E-state index contributed by atoms with van der Waals surface area (Å²) in [7, 11) is -2.38. The quantitative estimate of drug-likeness (QED) is 0.390. The van der Waals surface area contributed by atoms with Gasteiger partial charge in [0.15, 0.2) is 14.9 Å². The van der Waals surface area contributed by atoms with Crippen molar-refractivity contribution >= 4 is 72.4 Å². The number of aromatic nitrogens is 2. The lowest BCUT2D eigenvalue weighted by atomic mass is 9.92. The zero-order valence-corrected chi connectivity index (χ0v) is 23.4. The van der Waals surface area contributed by atoms with Crippen LogP contribution in [0.4, 0.5) is 11.6 Å². The highest BCUT2D eigenvalue weighted by atomic mass is 79.9. The lowest BCUT2D eigenvalue weighted by Gasteiger charge is -2.26. The Morgan fingerprint density at radius 1 is 1.14 bits per heavy atom. The molecule has 12 heteroatoms. The van der Waals surface area contributed by atoms with Gasteiger partial charge in [-0.05, 0) is 49.2 Å². The number of hydrogen-bond acceptors (Lipinski definition) is 5. The molecule has 36 heavy (non-hydrogen) atoms. The number of rotatable bonds is 8. The van der Waals surface area contributed by atoms with Gasteiger partial charge in [0, 0.05) is 34.4 Å². The molecule has 3 aromatic rings. The van der Waals surface area contributed by atoms with Crippen LogP contribution in [0.5, 0.6) is 0 Å². The van der Waals surface area contributed by atoms with E-state index in [9.17, 15) is 18.0 Å². The molecule has 1 N–H and O–H groups in total. The van der Waals surface area contributed by atoms with E-state index in [1.807, 2.05) is 24.3 Å². The maximum atomic E-state index is 14.0. The number of carbonyl (C=O) groups excluding carboxylic acids is 2. The van der Waals surface area contributed by atoms with Crippen LogP contribution in [0.25, 0.3) is 0 Å². The molecular weight excluding hydrogens is 591 g/mol. The molecule has 2 amide bonds. The summed E-state index contributed by atoms with van der Waals surface area (Å²) in [6.07, 6.45) is 1.68. The van der Waals surface area contributed by atoms with Gasteiger partial charge in [-0.15, -0.1) is 0 Å². The fraction of sp³-hybridized carbons (Fsp3) is 0.292. The monoisotopic (exact) mass is 612 g/mol. The summed E-state index contributed by atoms with van der Waals surface area (Å²) >= 11 is 15.8. The predicted molar refractivity (Wildman–Crippen MR) is 143 cm³/mol. The third-order valence-electron chi connectivity index (χ3n) is 6.05. The zero-order chi connectivity index (χ0) is 26.3. The van der Waals surface area contributed by atoms with Gasteiger partial charge in [0.2, 0.25) is 11.9 Å². The van der Waals surface area contributed by atoms with E-state index in [-0.39, 0.29) is 47.8 Å². The predicted octanol–water partition coefficient (Wildman–Crippen LogP) is 4.89. The molecule has 2 aromatic carbocycles. The van der Waals surface area contributed by atoms with Gasteiger partial charge < -0.3 is 5.32 Å². The number of hydrogen-bond donors (Lipinski definition) is 1. The van der Waals surface area contributed by atoms with E-state index < -0.39 is 15.4 Å². The van der Waals surface area contributed by atoms with Crippen LogP contribution >= 0.6 is 39.1 Å². The Labute approximate surface area is 227 Å². The van der Waals surface area contributed by atoms with E-state index in [1.54, 1.807) is 25.1 Å². The fourth-order valence-electron chi connectivity index (χ4n) is 4.30. The number of nitrogens with one attached hydrogen (secondary N) is 1. The first-order valence-electron chi connectivity index (χ1n) is 11.0. The molecule has 0 unspecified atom stereocenters. The molecule has 0 radical (unpaired) electrons. The number of carbonyl (C=O) groups is 2. The SMILES string of the molecule is CNC(=O)CCCS(=O)(=O)c1cnc2n1[C@](C)(Cc1ccc(Br)cc1)C(=O)N2c1cc(Cl)cc(Cl)c1. The summed E-state index contributed by atoms with van der Waals surface area (Å²) in [5.41, 5.74) is -0.0902. The number of halogens is 3. The molecule has 2 heterocycles. The van der Waals surface area contributed by atoms with Crippen LogP contribution in [0.15, 0.2) is 58.2 Å². The Morgan fingerprint density at radius 3 is 2.39 bits per heavy atom. The maximum Gasteiger partial charge on any atom is 0.260 e.